The van der Waals surface area contributed by atoms with E-state index in [-0.39, 0.29) is 17.4 Å². The van der Waals surface area contributed by atoms with E-state index >= 15 is 0 Å². The van der Waals surface area contributed by atoms with Gasteiger partial charge < -0.3 is 14.9 Å². The first-order chi connectivity index (χ1) is 8.76. The number of carbonyl (C=O) groups is 1. The zero-order chi connectivity index (χ0) is 13.9. The normalized spacial score (nSPS) is 51.1. The lowest BCUT2D eigenvalue weighted by atomic mass is 9.42. The van der Waals surface area contributed by atoms with Crippen molar-refractivity contribution in [1.29, 1.82) is 0 Å². The predicted molar refractivity (Wildman–Crippen MR) is 69.3 cm³/mol. The van der Waals surface area contributed by atoms with E-state index in [1.54, 1.807) is 0 Å². The molecule has 4 unspecified atom stereocenters. The molecule has 4 bridgehead atoms. The lowest BCUT2D eigenvalue weighted by Gasteiger charge is -2.67. The predicted octanol–water partition coefficient (Wildman–Crippen LogP) is 1.55. The van der Waals surface area contributed by atoms with Gasteiger partial charge in [-0.2, -0.15) is 0 Å². The van der Waals surface area contributed by atoms with Crippen LogP contribution in [-0.2, 0) is 9.53 Å². The molecule has 4 atom stereocenters. The highest BCUT2D eigenvalue weighted by molar-refractivity contribution is 5.81. The van der Waals surface area contributed by atoms with Crippen LogP contribution in [0.1, 0.15) is 45.4 Å². The maximum absolute atomic E-state index is 11.6. The highest BCUT2D eigenvalue weighted by atomic mass is 16.6. The summed E-state index contributed by atoms with van der Waals surface area (Å²) in [6.45, 7) is 5.63. The van der Waals surface area contributed by atoms with Crippen LogP contribution in [-0.4, -0.2) is 34.0 Å². The fourth-order valence-corrected chi connectivity index (χ4v) is 5.74. The minimum atomic E-state index is -0.798. The number of ether oxygens (including phenoxy) is 1. The molecule has 0 aromatic heterocycles. The first kappa shape index (κ1) is 13.1. The van der Waals surface area contributed by atoms with Crippen LogP contribution in [0.4, 0.5) is 0 Å². The number of hydrogen-bond donors (Lipinski definition) is 2. The Hall–Kier alpha value is -0.870. The van der Waals surface area contributed by atoms with Crippen LogP contribution in [0.5, 0.6) is 0 Å². The van der Waals surface area contributed by atoms with Crippen LogP contribution in [0.15, 0.2) is 12.7 Å². The molecule has 0 aliphatic heterocycles. The van der Waals surface area contributed by atoms with Gasteiger partial charge >= 0.3 is 5.97 Å². The summed E-state index contributed by atoms with van der Waals surface area (Å²) in [6.07, 6.45) is 5.39. The second-order valence-electron chi connectivity index (χ2n) is 7.56. The zero-order valence-corrected chi connectivity index (χ0v) is 11.4. The molecule has 0 saturated heterocycles. The average molecular weight is 266 g/mol. The van der Waals surface area contributed by atoms with Crippen LogP contribution < -0.4 is 0 Å². The Morgan fingerprint density at radius 1 is 1.26 bits per heavy atom. The number of hydrogen-bond acceptors (Lipinski definition) is 4. The Bertz CT molecular complexity index is 423. The van der Waals surface area contributed by atoms with Crippen LogP contribution in [0, 0.1) is 10.8 Å². The van der Waals surface area contributed by atoms with Crippen LogP contribution in [0.2, 0.25) is 0 Å². The molecule has 4 fully saturated rings. The lowest BCUT2D eigenvalue weighted by molar-refractivity contribution is -0.267. The van der Waals surface area contributed by atoms with Gasteiger partial charge in [-0.15, -0.1) is 0 Å². The van der Waals surface area contributed by atoms with Gasteiger partial charge in [0.05, 0.1) is 5.60 Å². The molecular weight excluding hydrogens is 244 g/mol. The van der Waals surface area contributed by atoms with Gasteiger partial charge in [0.2, 0.25) is 0 Å². The smallest absolute Gasteiger partial charge is 0.330 e. The van der Waals surface area contributed by atoms with Gasteiger partial charge in [-0.25, -0.2) is 4.79 Å². The average Bonchev–Trinajstić information content (AvgIpc) is 2.23. The highest BCUT2D eigenvalue weighted by Crippen LogP contribution is 2.68. The number of rotatable bonds is 3. The van der Waals surface area contributed by atoms with Crippen molar-refractivity contribution in [3.8, 4) is 0 Å². The third kappa shape index (κ3) is 1.93. The van der Waals surface area contributed by atoms with Crippen molar-refractivity contribution in [3.05, 3.63) is 12.7 Å². The fourth-order valence-electron chi connectivity index (χ4n) is 5.74. The number of carbonyl (C=O) groups excluding carboxylic acids is 1. The molecule has 0 heterocycles. The molecule has 4 aliphatic carbocycles. The van der Waals surface area contributed by atoms with E-state index in [1.165, 1.54) is 6.08 Å². The minimum absolute atomic E-state index is 0.0479. The van der Waals surface area contributed by atoms with E-state index in [9.17, 15) is 15.0 Å². The Kier molecular flexibility index (Phi) is 2.50. The molecule has 4 heteroatoms. The molecule has 2 N–H and O–H groups in total. The summed E-state index contributed by atoms with van der Waals surface area (Å²) < 4.78 is 5.63. The molecule has 0 spiro atoms. The van der Waals surface area contributed by atoms with E-state index in [0.717, 1.165) is 19.3 Å². The molecule has 106 valence electrons. The van der Waals surface area contributed by atoms with Gasteiger partial charge in [-0.3, -0.25) is 0 Å². The van der Waals surface area contributed by atoms with Crippen LogP contribution in [0.25, 0.3) is 0 Å². The Morgan fingerprint density at radius 2 is 2.00 bits per heavy atom. The summed E-state index contributed by atoms with van der Waals surface area (Å²) >= 11 is 0. The van der Waals surface area contributed by atoms with Gasteiger partial charge in [0, 0.05) is 24.5 Å². The Labute approximate surface area is 113 Å². The topological polar surface area (TPSA) is 66.8 Å². The van der Waals surface area contributed by atoms with Crippen LogP contribution in [0.3, 0.4) is 0 Å². The highest BCUT2D eigenvalue weighted by Gasteiger charge is 2.68. The van der Waals surface area contributed by atoms with Crippen molar-refractivity contribution in [1.82, 2.24) is 0 Å². The summed E-state index contributed by atoms with van der Waals surface area (Å²) in [7, 11) is 0. The van der Waals surface area contributed by atoms with Gasteiger partial charge in [0.25, 0.3) is 0 Å². The van der Waals surface area contributed by atoms with E-state index in [0.29, 0.717) is 19.3 Å². The molecule has 4 nitrogen and oxygen atoms in total. The third-order valence-electron chi connectivity index (χ3n) is 5.18. The van der Waals surface area contributed by atoms with Crippen molar-refractivity contribution in [2.75, 3.05) is 6.61 Å². The summed E-state index contributed by atoms with van der Waals surface area (Å²) in [5.74, 6) is -0.428. The zero-order valence-electron chi connectivity index (χ0n) is 11.4. The van der Waals surface area contributed by atoms with Gasteiger partial charge in [0.15, 0.2) is 0 Å². The molecule has 4 saturated carbocycles. The second kappa shape index (κ2) is 3.61. The molecule has 0 amide bonds. The summed E-state index contributed by atoms with van der Waals surface area (Å²) in [5, 5.41) is 20.6. The molecule has 19 heavy (non-hydrogen) atoms. The lowest BCUT2D eigenvalue weighted by Crippen LogP contribution is -2.68. The fraction of sp³-hybridized carbons (Fsp3) is 0.800. The van der Waals surface area contributed by atoms with Gasteiger partial charge in [-0.05, 0) is 37.5 Å². The number of aliphatic hydroxyl groups is 2. The molecule has 4 aliphatic rings. The second-order valence-corrected chi connectivity index (χ2v) is 7.56. The SMILES string of the molecule is C=CC(=O)OC12CC3(C)CC(O)(CC(CO)(C3)C1)C2. The Balaban J connectivity index is 1.99. The molecule has 4 rings (SSSR count). The van der Waals surface area contributed by atoms with Crippen molar-refractivity contribution in [3.63, 3.8) is 0 Å². The van der Waals surface area contributed by atoms with Crippen molar-refractivity contribution in [2.24, 2.45) is 10.8 Å². The van der Waals surface area contributed by atoms with E-state index in [1.807, 2.05) is 0 Å². The molecule has 0 aromatic rings. The quantitative estimate of drug-likeness (QED) is 0.601. The third-order valence-corrected chi connectivity index (χ3v) is 5.18. The summed E-state index contributed by atoms with van der Waals surface area (Å²) in [5.41, 5.74) is -1.76. The summed E-state index contributed by atoms with van der Waals surface area (Å²) in [6, 6.07) is 0. The maximum atomic E-state index is 11.6. The van der Waals surface area contributed by atoms with E-state index in [2.05, 4.69) is 13.5 Å². The van der Waals surface area contributed by atoms with E-state index < -0.39 is 17.2 Å². The van der Waals surface area contributed by atoms with Gasteiger partial charge in [-0.1, -0.05) is 13.5 Å². The largest absolute Gasteiger partial charge is 0.456 e. The molecule has 0 aromatic carbocycles. The first-order valence-corrected chi connectivity index (χ1v) is 6.95. The van der Waals surface area contributed by atoms with Crippen LogP contribution >= 0.6 is 0 Å². The minimum Gasteiger partial charge on any atom is -0.456 e. The Morgan fingerprint density at radius 3 is 2.58 bits per heavy atom. The van der Waals surface area contributed by atoms with Gasteiger partial charge in [0.1, 0.15) is 5.60 Å². The van der Waals surface area contributed by atoms with Crippen molar-refractivity contribution in [2.45, 2.75) is 56.7 Å². The maximum Gasteiger partial charge on any atom is 0.330 e. The van der Waals surface area contributed by atoms with Crippen molar-refractivity contribution >= 4 is 5.97 Å². The number of esters is 1. The molecule has 0 radical (unpaired) electrons. The van der Waals surface area contributed by atoms with E-state index in [4.69, 9.17) is 4.74 Å². The summed E-state index contributed by atoms with van der Waals surface area (Å²) in [4.78, 5) is 11.6. The van der Waals surface area contributed by atoms with Crippen molar-refractivity contribution < 1.29 is 19.7 Å². The number of aliphatic hydroxyl groups excluding tert-OH is 1. The first-order valence-electron chi connectivity index (χ1n) is 6.95. The molecular formula is C15H22O4. The monoisotopic (exact) mass is 266 g/mol. The standard InChI is InChI=1S/C15H22O4/c1-3-11(17)19-15-6-12(2)4-13(8-15,10-16)7-14(18,5-12)9-15/h3,16,18H,1,4-10H2,2H3.